The first-order valence-electron chi connectivity index (χ1n) is 10.3. The molecule has 5 rings (SSSR count). The van der Waals surface area contributed by atoms with Gasteiger partial charge in [-0.3, -0.25) is 4.79 Å². The van der Waals surface area contributed by atoms with E-state index in [0.29, 0.717) is 37.0 Å². The van der Waals surface area contributed by atoms with E-state index in [1.165, 1.54) is 12.8 Å². The van der Waals surface area contributed by atoms with Crippen LogP contribution in [0.1, 0.15) is 24.0 Å². The Morgan fingerprint density at radius 2 is 1.59 bits per heavy atom. The summed E-state index contributed by atoms with van der Waals surface area (Å²) < 4.78 is 6.05. The van der Waals surface area contributed by atoms with Crippen molar-refractivity contribution in [2.24, 2.45) is 10.9 Å². The third-order valence-electron chi connectivity index (χ3n) is 5.85. The number of aliphatic imine (C=N–C) groups is 1. The van der Waals surface area contributed by atoms with Gasteiger partial charge in [0, 0.05) is 19.0 Å². The van der Waals surface area contributed by atoms with Crippen LogP contribution in [0, 0.1) is 5.92 Å². The molecule has 0 bridgehead atoms. The van der Waals surface area contributed by atoms with Gasteiger partial charge >= 0.3 is 0 Å². The van der Waals surface area contributed by atoms with Crippen molar-refractivity contribution in [2.75, 3.05) is 6.61 Å². The van der Waals surface area contributed by atoms with E-state index in [-0.39, 0.29) is 5.91 Å². The highest BCUT2D eigenvalue weighted by Crippen LogP contribution is 2.37. The van der Waals surface area contributed by atoms with Gasteiger partial charge in [-0.2, -0.15) is 4.99 Å². The Morgan fingerprint density at radius 3 is 2.17 bits per heavy atom. The SMILES string of the molecule is O=C1N=C2C(OCC3CC3)=CC=CN2C1(Cc1ccccc1)Cc1ccccc1. The molecule has 0 atom stereocenters. The Hall–Kier alpha value is -3.14. The fraction of sp³-hybridized carbons (Fsp3) is 0.280. The van der Waals surface area contributed by atoms with Crippen LogP contribution in [0.3, 0.4) is 0 Å². The molecule has 0 spiro atoms. The van der Waals surface area contributed by atoms with Gasteiger partial charge in [0.25, 0.3) is 5.91 Å². The highest BCUT2D eigenvalue weighted by molar-refractivity contribution is 6.14. The number of allylic oxidation sites excluding steroid dienone is 2. The molecule has 2 aromatic rings. The predicted octanol–water partition coefficient (Wildman–Crippen LogP) is 4.29. The fourth-order valence-electron chi connectivity index (χ4n) is 4.09. The summed E-state index contributed by atoms with van der Waals surface area (Å²) in [5, 5.41) is 0. The van der Waals surface area contributed by atoms with Crippen molar-refractivity contribution in [2.45, 2.75) is 31.2 Å². The van der Waals surface area contributed by atoms with Gasteiger partial charge < -0.3 is 9.64 Å². The van der Waals surface area contributed by atoms with Crippen LogP contribution >= 0.6 is 0 Å². The number of fused-ring (bicyclic) bond motifs is 1. The minimum Gasteiger partial charge on any atom is -0.489 e. The van der Waals surface area contributed by atoms with Crippen LogP contribution in [-0.2, 0) is 22.4 Å². The quantitative estimate of drug-likeness (QED) is 0.715. The molecule has 29 heavy (non-hydrogen) atoms. The predicted molar refractivity (Wildman–Crippen MR) is 113 cm³/mol. The smallest absolute Gasteiger partial charge is 0.274 e. The third kappa shape index (κ3) is 3.51. The van der Waals surface area contributed by atoms with E-state index in [2.05, 4.69) is 29.3 Å². The molecule has 2 aliphatic heterocycles. The van der Waals surface area contributed by atoms with Crippen molar-refractivity contribution in [3.8, 4) is 0 Å². The summed E-state index contributed by atoms with van der Waals surface area (Å²) in [5.74, 6) is 1.89. The summed E-state index contributed by atoms with van der Waals surface area (Å²) in [5.41, 5.74) is 1.46. The van der Waals surface area contributed by atoms with E-state index in [4.69, 9.17) is 4.74 Å². The van der Waals surface area contributed by atoms with Crippen molar-refractivity contribution in [1.82, 2.24) is 4.90 Å². The monoisotopic (exact) mass is 384 g/mol. The van der Waals surface area contributed by atoms with Gasteiger partial charge in [-0.15, -0.1) is 0 Å². The van der Waals surface area contributed by atoms with E-state index in [9.17, 15) is 4.79 Å². The minimum absolute atomic E-state index is 0.104. The number of nitrogens with zero attached hydrogens (tertiary/aromatic N) is 2. The molecule has 0 unspecified atom stereocenters. The van der Waals surface area contributed by atoms with Crippen molar-refractivity contribution in [1.29, 1.82) is 0 Å². The zero-order chi connectivity index (χ0) is 19.7. The first kappa shape index (κ1) is 17.9. The van der Waals surface area contributed by atoms with Crippen molar-refractivity contribution >= 4 is 11.7 Å². The molecule has 2 heterocycles. The molecular weight excluding hydrogens is 360 g/mol. The lowest BCUT2D eigenvalue weighted by Gasteiger charge is -2.38. The van der Waals surface area contributed by atoms with E-state index in [1.807, 2.05) is 59.7 Å². The molecule has 1 saturated carbocycles. The van der Waals surface area contributed by atoms with Crippen LogP contribution in [0.5, 0.6) is 0 Å². The van der Waals surface area contributed by atoms with Gasteiger partial charge in [0.1, 0.15) is 5.54 Å². The summed E-state index contributed by atoms with van der Waals surface area (Å²) in [7, 11) is 0. The zero-order valence-corrected chi connectivity index (χ0v) is 16.3. The highest BCUT2D eigenvalue weighted by atomic mass is 16.5. The van der Waals surface area contributed by atoms with Crippen LogP contribution < -0.4 is 0 Å². The first-order chi connectivity index (χ1) is 14.2. The summed E-state index contributed by atoms with van der Waals surface area (Å²) in [6.45, 7) is 0.699. The van der Waals surface area contributed by atoms with Crippen molar-refractivity contribution in [3.63, 3.8) is 0 Å². The summed E-state index contributed by atoms with van der Waals surface area (Å²) >= 11 is 0. The van der Waals surface area contributed by atoms with Crippen LogP contribution in [0.15, 0.2) is 89.8 Å². The number of benzene rings is 2. The average molecular weight is 384 g/mol. The average Bonchev–Trinajstić information content (AvgIpc) is 3.54. The van der Waals surface area contributed by atoms with E-state index >= 15 is 0 Å². The Bertz CT molecular complexity index is 946. The van der Waals surface area contributed by atoms with Gasteiger partial charge in [-0.1, -0.05) is 60.7 Å². The second-order valence-electron chi connectivity index (χ2n) is 8.09. The molecular formula is C25H24N2O2. The number of hydrogen-bond donors (Lipinski definition) is 0. The van der Waals surface area contributed by atoms with Gasteiger partial charge in [0.05, 0.1) is 6.61 Å². The van der Waals surface area contributed by atoms with E-state index in [0.717, 1.165) is 11.1 Å². The van der Waals surface area contributed by atoms with Crippen LogP contribution in [0.25, 0.3) is 0 Å². The first-order valence-corrected chi connectivity index (χ1v) is 10.3. The topological polar surface area (TPSA) is 41.9 Å². The number of amidine groups is 1. The number of carbonyl (C=O) groups excluding carboxylic acids is 1. The normalized spacial score (nSPS) is 19.6. The molecule has 0 aromatic heterocycles. The Morgan fingerprint density at radius 1 is 0.966 bits per heavy atom. The molecule has 4 nitrogen and oxygen atoms in total. The molecule has 2 aromatic carbocycles. The minimum atomic E-state index is -0.781. The van der Waals surface area contributed by atoms with Gasteiger partial charge in [-0.05, 0) is 42.0 Å². The number of amides is 1. The summed E-state index contributed by atoms with van der Waals surface area (Å²) in [4.78, 5) is 20.0. The Balaban J connectivity index is 1.49. The van der Waals surface area contributed by atoms with Crippen molar-refractivity contribution < 1.29 is 9.53 Å². The van der Waals surface area contributed by atoms with Gasteiger partial charge in [0.2, 0.25) is 0 Å². The van der Waals surface area contributed by atoms with E-state index in [1.54, 1.807) is 0 Å². The molecule has 1 aliphatic carbocycles. The number of ether oxygens (including phenoxy) is 1. The molecule has 0 radical (unpaired) electrons. The molecule has 0 N–H and O–H groups in total. The standard InChI is InChI=1S/C25H24N2O2/c28-24-25(16-19-8-3-1-4-9-19,17-20-10-5-2-6-11-20)27-15-7-12-22(23(27)26-24)29-18-21-13-14-21/h1-12,15,21H,13-14,16-18H2. The lowest BCUT2D eigenvalue weighted by Crippen LogP contribution is -2.53. The van der Waals surface area contributed by atoms with Crippen LogP contribution in [0.2, 0.25) is 0 Å². The fourth-order valence-corrected chi connectivity index (χ4v) is 4.09. The lowest BCUT2D eigenvalue weighted by atomic mass is 9.83. The Kier molecular flexibility index (Phi) is 4.55. The number of carbonyl (C=O) groups is 1. The largest absolute Gasteiger partial charge is 0.489 e. The molecule has 0 saturated heterocycles. The second-order valence-corrected chi connectivity index (χ2v) is 8.09. The number of hydrogen-bond acceptors (Lipinski definition) is 3. The maximum absolute atomic E-state index is 13.4. The highest BCUT2D eigenvalue weighted by Gasteiger charge is 2.51. The number of rotatable bonds is 7. The lowest BCUT2D eigenvalue weighted by molar-refractivity contribution is -0.124. The molecule has 1 fully saturated rings. The third-order valence-corrected chi connectivity index (χ3v) is 5.85. The molecule has 146 valence electrons. The maximum atomic E-state index is 13.4. The second kappa shape index (κ2) is 7.36. The van der Waals surface area contributed by atoms with Gasteiger partial charge in [-0.25, -0.2) is 0 Å². The summed E-state index contributed by atoms with van der Waals surface area (Å²) in [6, 6.07) is 20.4. The maximum Gasteiger partial charge on any atom is 0.274 e. The summed E-state index contributed by atoms with van der Waals surface area (Å²) in [6.07, 6.45) is 9.49. The zero-order valence-electron chi connectivity index (χ0n) is 16.3. The Labute approximate surface area is 171 Å². The molecule has 3 aliphatic rings. The van der Waals surface area contributed by atoms with Crippen molar-refractivity contribution in [3.05, 3.63) is 95.9 Å². The van der Waals surface area contributed by atoms with Crippen LogP contribution in [0.4, 0.5) is 0 Å². The van der Waals surface area contributed by atoms with E-state index < -0.39 is 5.54 Å². The van der Waals surface area contributed by atoms with Crippen LogP contribution in [-0.4, -0.2) is 28.8 Å². The molecule has 4 heteroatoms. The molecule has 1 amide bonds. The van der Waals surface area contributed by atoms with Gasteiger partial charge in [0.15, 0.2) is 11.6 Å².